The van der Waals surface area contributed by atoms with Gasteiger partial charge in [-0.2, -0.15) is 0 Å². The number of non-ortho nitro benzene ring substituents is 1. The SMILES string of the molecule is Cc1c(C(=O)OCC(=O)Nc2cccc([N+](=O)[O-])c2)oc2ccc(Cl)cc12. The normalized spacial score (nSPS) is 10.6. The van der Waals surface area contributed by atoms with Crippen LogP contribution >= 0.6 is 11.6 Å². The van der Waals surface area contributed by atoms with Crippen molar-refractivity contribution in [3.8, 4) is 0 Å². The Morgan fingerprint density at radius 3 is 2.78 bits per heavy atom. The van der Waals surface area contributed by atoms with Crippen molar-refractivity contribution in [2.45, 2.75) is 6.92 Å². The average molecular weight is 389 g/mol. The number of carbonyl (C=O) groups is 2. The maximum absolute atomic E-state index is 12.2. The molecule has 138 valence electrons. The van der Waals surface area contributed by atoms with Gasteiger partial charge in [-0.25, -0.2) is 4.79 Å². The van der Waals surface area contributed by atoms with Crippen molar-refractivity contribution in [1.29, 1.82) is 0 Å². The smallest absolute Gasteiger partial charge is 0.375 e. The molecule has 0 aliphatic rings. The van der Waals surface area contributed by atoms with Crippen LogP contribution in [0.1, 0.15) is 16.1 Å². The van der Waals surface area contributed by atoms with E-state index < -0.39 is 23.4 Å². The topological polar surface area (TPSA) is 112 Å². The van der Waals surface area contributed by atoms with Gasteiger partial charge >= 0.3 is 5.97 Å². The van der Waals surface area contributed by atoms with Crippen LogP contribution in [0.2, 0.25) is 5.02 Å². The first-order valence-corrected chi connectivity index (χ1v) is 8.13. The number of hydrogen-bond donors (Lipinski definition) is 1. The number of furan rings is 1. The fourth-order valence-corrected chi connectivity index (χ4v) is 2.65. The van der Waals surface area contributed by atoms with E-state index in [0.29, 0.717) is 21.6 Å². The van der Waals surface area contributed by atoms with Gasteiger partial charge < -0.3 is 14.5 Å². The van der Waals surface area contributed by atoms with Crippen LogP contribution in [0.25, 0.3) is 11.0 Å². The zero-order valence-corrected chi connectivity index (χ0v) is 14.8. The van der Waals surface area contributed by atoms with E-state index in [2.05, 4.69) is 5.32 Å². The lowest BCUT2D eigenvalue weighted by Gasteiger charge is -2.06. The summed E-state index contributed by atoms with van der Waals surface area (Å²) in [6, 6.07) is 10.4. The number of nitro benzene ring substituents is 1. The fourth-order valence-electron chi connectivity index (χ4n) is 2.48. The number of ether oxygens (including phenoxy) is 1. The molecule has 8 nitrogen and oxygen atoms in total. The third-order valence-corrected chi connectivity index (χ3v) is 3.99. The van der Waals surface area contributed by atoms with E-state index in [1.54, 1.807) is 25.1 Å². The number of benzene rings is 2. The molecule has 0 aliphatic heterocycles. The van der Waals surface area contributed by atoms with Crippen molar-refractivity contribution in [1.82, 2.24) is 0 Å². The second kappa shape index (κ2) is 7.46. The Hall–Kier alpha value is -3.39. The summed E-state index contributed by atoms with van der Waals surface area (Å²) < 4.78 is 10.4. The average Bonchev–Trinajstić information content (AvgIpc) is 2.96. The molecule has 0 spiro atoms. The number of hydrogen-bond acceptors (Lipinski definition) is 6. The first-order chi connectivity index (χ1) is 12.8. The molecule has 0 atom stereocenters. The van der Waals surface area contributed by atoms with E-state index in [4.69, 9.17) is 20.8 Å². The summed E-state index contributed by atoms with van der Waals surface area (Å²) >= 11 is 5.94. The summed E-state index contributed by atoms with van der Waals surface area (Å²) in [5, 5.41) is 14.3. The van der Waals surface area contributed by atoms with E-state index in [9.17, 15) is 19.7 Å². The highest BCUT2D eigenvalue weighted by Gasteiger charge is 2.20. The predicted molar refractivity (Wildman–Crippen MR) is 98.0 cm³/mol. The van der Waals surface area contributed by atoms with Gasteiger partial charge in [0.2, 0.25) is 5.76 Å². The molecule has 0 bridgehead atoms. The Balaban J connectivity index is 1.65. The van der Waals surface area contributed by atoms with Crippen molar-refractivity contribution < 1.29 is 23.7 Å². The van der Waals surface area contributed by atoms with Crippen LogP contribution in [-0.4, -0.2) is 23.4 Å². The highest BCUT2D eigenvalue weighted by Crippen LogP contribution is 2.28. The molecule has 0 radical (unpaired) electrons. The van der Waals surface area contributed by atoms with Crippen LogP contribution in [0, 0.1) is 17.0 Å². The minimum atomic E-state index is -0.797. The molecule has 3 rings (SSSR count). The Labute approximate surface area is 157 Å². The van der Waals surface area contributed by atoms with Crippen molar-refractivity contribution in [2.75, 3.05) is 11.9 Å². The monoisotopic (exact) mass is 388 g/mol. The third kappa shape index (κ3) is 4.06. The number of carbonyl (C=O) groups excluding carboxylic acids is 2. The van der Waals surface area contributed by atoms with Crippen LogP contribution in [0.5, 0.6) is 0 Å². The molecule has 0 unspecified atom stereocenters. The lowest BCUT2D eigenvalue weighted by Crippen LogP contribution is -2.21. The van der Waals surface area contributed by atoms with E-state index in [1.165, 1.54) is 24.3 Å². The largest absolute Gasteiger partial charge is 0.450 e. The molecule has 3 aromatic rings. The first kappa shape index (κ1) is 18.4. The molecular weight excluding hydrogens is 376 g/mol. The molecule has 0 saturated heterocycles. The lowest BCUT2D eigenvalue weighted by atomic mass is 10.1. The molecule has 27 heavy (non-hydrogen) atoms. The summed E-state index contributed by atoms with van der Waals surface area (Å²) in [5.74, 6) is -1.45. The summed E-state index contributed by atoms with van der Waals surface area (Å²) in [6.07, 6.45) is 0. The second-order valence-electron chi connectivity index (χ2n) is 5.63. The van der Waals surface area contributed by atoms with Gasteiger partial charge in [0, 0.05) is 33.8 Å². The molecule has 9 heteroatoms. The Morgan fingerprint density at radius 1 is 1.26 bits per heavy atom. The summed E-state index contributed by atoms with van der Waals surface area (Å²) in [6.45, 7) is 1.11. The number of fused-ring (bicyclic) bond motifs is 1. The van der Waals surface area contributed by atoms with E-state index >= 15 is 0 Å². The predicted octanol–water partition coefficient (Wildman–Crippen LogP) is 4.10. The van der Waals surface area contributed by atoms with Crippen molar-refractivity contribution in [3.63, 3.8) is 0 Å². The maximum Gasteiger partial charge on any atom is 0.375 e. The second-order valence-corrected chi connectivity index (χ2v) is 6.06. The van der Waals surface area contributed by atoms with E-state index in [-0.39, 0.29) is 17.1 Å². The molecule has 1 N–H and O–H groups in total. The number of nitro groups is 1. The fraction of sp³-hybridized carbons (Fsp3) is 0.111. The summed E-state index contributed by atoms with van der Waals surface area (Å²) in [5.41, 5.74) is 1.09. The number of halogens is 1. The van der Waals surface area contributed by atoms with Gasteiger partial charge in [-0.15, -0.1) is 0 Å². The Bertz CT molecular complexity index is 1060. The number of nitrogens with zero attached hydrogens (tertiary/aromatic N) is 1. The van der Waals surface area contributed by atoms with Gasteiger partial charge in [0.05, 0.1) is 4.92 Å². The molecule has 2 aromatic carbocycles. The van der Waals surface area contributed by atoms with Crippen LogP contribution in [0.3, 0.4) is 0 Å². The third-order valence-electron chi connectivity index (χ3n) is 3.76. The van der Waals surface area contributed by atoms with Crippen molar-refractivity contribution in [3.05, 3.63) is 68.9 Å². The number of rotatable bonds is 5. The van der Waals surface area contributed by atoms with E-state index in [1.807, 2.05) is 0 Å². The standard InChI is InChI=1S/C18H13ClN2O6/c1-10-14-7-11(19)5-6-15(14)27-17(10)18(23)26-9-16(22)20-12-3-2-4-13(8-12)21(24)25/h2-8H,9H2,1H3,(H,20,22). The van der Waals surface area contributed by atoms with Gasteiger partial charge in [-0.05, 0) is 31.2 Å². The van der Waals surface area contributed by atoms with Crippen molar-refractivity contribution >= 4 is 45.8 Å². The van der Waals surface area contributed by atoms with E-state index in [0.717, 1.165) is 0 Å². The first-order valence-electron chi connectivity index (χ1n) is 7.75. The highest BCUT2D eigenvalue weighted by molar-refractivity contribution is 6.31. The Morgan fingerprint density at radius 2 is 2.04 bits per heavy atom. The molecular formula is C18H13ClN2O6. The molecule has 1 amide bonds. The van der Waals surface area contributed by atoms with Gasteiger partial charge in [-0.3, -0.25) is 14.9 Å². The molecule has 0 saturated carbocycles. The quantitative estimate of drug-likeness (QED) is 0.400. The summed E-state index contributed by atoms with van der Waals surface area (Å²) in [4.78, 5) is 34.3. The Kier molecular flexibility index (Phi) is 5.09. The minimum absolute atomic E-state index is 0.0181. The molecule has 1 heterocycles. The molecule has 0 aliphatic carbocycles. The van der Waals surface area contributed by atoms with Gasteiger partial charge in [0.15, 0.2) is 6.61 Å². The zero-order valence-electron chi connectivity index (χ0n) is 14.0. The molecule has 0 fully saturated rings. The van der Waals surface area contributed by atoms with Crippen LogP contribution in [-0.2, 0) is 9.53 Å². The number of amides is 1. The maximum atomic E-state index is 12.2. The lowest BCUT2D eigenvalue weighted by molar-refractivity contribution is -0.384. The zero-order chi connectivity index (χ0) is 19.6. The minimum Gasteiger partial charge on any atom is -0.450 e. The summed E-state index contributed by atoms with van der Waals surface area (Å²) in [7, 11) is 0. The van der Waals surface area contributed by atoms with Crippen molar-refractivity contribution in [2.24, 2.45) is 0 Å². The van der Waals surface area contributed by atoms with Crippen LogP contribution < -0.4 is 5.32 Å². The number of aryl methyl sites for hydroxylation is 1. The van der Waals surface area contributed by atoms with Gasteiger partial charge in [-0.1, -0.05) is 17.7 Å². The molecule has 1 aromatic heterocycles. The highest BCUT2D eigenvalue weighted by atomic mass is 35.5. The van der Waals surface area contributed by atoms with Crippen LogP contribution in [0.4, 0.5) is 11.4 Å². The number of anilines is 1. The van der Waals surface area contributed by atoms with Gasteiger partial charge in [0.1, 0.15) is 5.58 Å². The number of esters is 1. The van der Waals surface area contributed by atoms with Crippen LogP contribution in [0.15, 0.2) is 46.9 Å². The number of nitrogens with one attached hydrogen (secondary N) is 1. The van der Waals surface area contributed by atoms with Gasteiger partial charge in [0.25, 0.3) is 11.6 Å².